The fraction of sp³-hybridized carbons (Fsp3) is 0.250. The van der Waals surface area contributed by atoms with Gasteiger partial charge < -0.3 is 19.5 Å². The molecule has 0 spiro atoms. The molecule has 0 unspecified atom stereocenters. The molecule has 0 amide bonds. The highest BCUT2D eigenvalue weighted by atomic mass is 16.5. The zero-order chi connectivity index (χ0) is 25.3. The van der Waals surface area contributed by atoms with Gasteiger partial charge in [-0.2, -0.15) is 0 Å². The Morgan fingerprint density at radius 3 is 2.06 bits per heavy atom. The highest BCUT2D eigenvalue weighted by Crippen LogP contribution is 2.35. The van der Waals surface area contributed by atoms with Crippen molar-refractivity contribution in [1.29, 1.82) is 0 Å². The second kappa shape index (κ2) is 12.3. The van der Waals surface area contributed by atoms with Gasteiger partial charge in [0.05, 0.1) is 19.8 Å². The number of nitrogens with one attached hydrogen (secondary N) is 1. The lowest BCUT2D eigenvalue weighted by Crippen LogP contribution is -2.20. The molecule has 0 saturated heterocycles. The summed E-state index contributed by atoms with van der Waals surface area (Å²) in [4.78, 5) is 0. The Kier molecular flexibility index (Phi) is 8.64. The monoisotopic (exact) mass is 481 g/mol. The largest absolute Gasteiger partial charge is 0.496 e. The van der Waals surface area contributed by atoms with Crippen molar-refractivity contribution in [3.05, 3.63) is 113 Å². The van der Waals surface area contributed by atoms with E-state index < -0.39 is 0 Å². The SMILES string of the molecule is COc1cc(OCc2cccc(-c3ccccc3)c2C)cc(OC)c1CNC[C@H](C)c1ccccc1. The number of methoxy groups -OCH3 is 2. The van der Waals surface area contributed by atoms with Gasteiger partial charge >= 0.3 is 0 Å². The number of ether oxygens (including phenoxy) is 3. The van der Waals surface area contributed by atoms with Gasteiger partial charge in [-0.1, -0.05) is 85.8 Å². The summed E-state index contributed by atoms with van der Waals surface area (Å²) in [6, 6.07) is 31.2. The Morgan fingerprint density at radius 1 is 0.778 bits per heavy atom. The molecule has 4 aromatic rings. The Balaban J connectivity index is 1.46. The molecule has 0 aliphatic carbocycles. The molecule has 0 aliphatic heterocycles. The molecule has 4 rings (SSSR count). The molecule has 0 saturated carbocycles. The van der Waals surface area contributed by atoms with E-state index in [9.17, 15) is 0 Å². The van der Waals surface area contributed by atoms with Crippen LogP contribution in [0.5, 0.6) is 17.2 Å². The van der Waals surface area contributed by atoms with E-state index in [0.717, 1.165) is 34.9 Å². The molecule has 4 heteroatoms. The fourth-order valence-electron chi connectivity index (χ4n) is 4.46. The predicted octanol–water partition coefficient (Wildman–Crippen LogP) is 7.15. The molecule has 4 nitrogen and oxygen atoms in total. The zero-order valence-corrected chi connectivity index (χ0v) is 21.6. The summed E-state index contributed by atoms with van der Waals surface area (Å²) in [6.07, 6.45) is 0. The molecule has 0 bridgehead atoms. The van der Waals surface area contributed by atoms with Crippen molar-refractivity contribution in [2.45, 2.75) is 32.9 Å². The molecule has 1 atom stereocenters. The van der Waals surface area contributed by atoms with E-state index in [0.29, 0.717) is 19.1 Å². The second-order valence-electron chi connectivity index (χ2n) is 8.99. The van der Waals surface area contributed by atoms with Crippen LogP contribution in [0.3, 0.4) is 0 Å². The lowest BCUT2D eigenvalue weighted by molar-refractivity contribution is 0.298. The van der Waals surface area contributed by atoms with Crippen molar-refractivity contribution in [2.24, 2.45) is 0 Å². The quantitative estimate of drug-likeness (QED) is 0.247. The summed E-state index contributed by atoms with van der Waals surface area (Å²) in [5, 5.41) is 3.56. The number of hydrogen-bond donors (Lipinski definition) is 1. The van der Waals surface area contributed by atoms with E-state index in [1.54, 1.807) is 14.2 Å². The lowest BCUT2D eigenvalue weighted by Gasteiger charge is -2.18. The smallest absolute Gasteiger partial charge is 0.130 e. The first-order valence-corrected chi connectivity index (χ1v) is 12.4. The number of rotatable bonds is 11. The minimum atomic E-state index is 0.403. The Bertz CT molecular complexity index is 1230. The van der Waals surface area contributed by atoms with Crippen molar-refractivity contribution in [2.75, 3.05) is 20.8 Å². The summed E-state index contributed by atoms with van der Waals surface area (Å²) in [5.41, 5.74) is 7.09. The van der Waals surface area contributed by atoms with Gasteiger partial charge in [0.2, 0.25) is 0 Å². The Hall–Kier alpha value is -3.76. The Morgan fingerprint density at radius 2 is 1.42 bits per heavy atom. The summed E-state index contributed by atoms with van der Waals surface area (Å²) in [6.45, 7) is 6.33. The third-order valence-electron chi connectivity index (χ3n) is 6.63. The number of benzene rings is 4. The second-order valence-corrected chi connectivity index (χ2v) is 8.99. The van der Waals surface area contributed by atoms with Gasteiger partial charge in [0.15, 0.2) is 0 Å². The van der Waals surface area contributed by atoms with Crippen LogP contribution in [0.2, 0.25) is 0 Å². The van der Waals surface area contributed by atoms with Gasteiger partial charge in [0.25, 0.3) is 0 Å². The van der Waals surface area contributed by atoms with Crippen LogP contribution >= 0.6 is 0 Å². The zero-order valence-electron chi connectivity index (χ0n) is 21.6. The Labute approximate surface area is 214 Å². The molecule has 0 aromatic heterocycles. The van der Waals surface area contributed by atoms with Crippen LogP contribution in [-0.2, 0) is 13.2 Å². The van der Waals surface area contributed by atoms with Crippen LogP contribution in [0, 0.1) is 6.92 Å². The first-order chi connectivity index (χ1) is 17.6. The minimum absolute atomic E-state index is 0.403. The van der Waals surface area contributed by atoms with Crippen LogP contribution in [0.25, 0.3) is 11.1 Å². The van der Waals surface area contributed by atoms with Gasteiger partial charge in [-0.05, 0) is 40.7 Å². The molecule has 1 N–H and O–H groups in total. The third kappa shape index (κ3) is 6.07. The van der Waals surface area contributed by atoms with E-state index >= 15 is 0 Å². The van der Waals surface area contributed by atoms with Gasteiger partial charge in [-0.25, -0.2) is 0 Å². The molecular weight excluding hydrogens is 446 g/mol. The van der Waals surface area contributed by atoms with Crippen LogP contribution in [-0.4, -0.2) is 20.8 Å². The van der Waals surface area contributed by atoms with Crippen molar-refractivity contribution in [1.82, 2.24) is 5.32 Å². The summed E-state index contributed by atoms with van der Waals surface area (Å²) >= 11 is 0. The standard InChI is InChI=1S/C32H35NO3/c1-23(25-12-7-5-8-13-25)20-33-21-30-31(34-3)18-28(19-32(30)35-4)36-22-27-16-11-17-29(24(27)2)26-14-9-6-10-15-26/h5-19,23,33H,20-22H2,1-4H3/t23-/m0/s1. The van der Waals surface area contributed by atoms with E-state index in [4.69, 9.17) is 14.2 Å². The van der Waals surface area contributed by atoms with Crippen LogP contribution < -0.4 is 19.5 Å². The highest BCUT2D eigenvalue weighted by Gasteiger charge is 2.15. The highest BCUT2D eigenvalue weighted by molar-refractivity contribution is 5.68. The average Bonchev–Trinajstić information content (AvgIpc) is 2.93. The van der Waals surface area contributed by atoms with Crippen molar-refractivity contribution in [3.8, 4) is 28.4 Å². The molecule has 0 radical (unpaired) electrons. The summed E-state index contributed by atoms with van der Waals surface area (Å²) in [7, 11) is 3.37. The van der Waals surface area contributed by atoms with E-state index in [-0.39, 0.29) is 0 Å². The predicted molar refractivity (Wildman–Crippen MR) is 147 cm³/mol. The molecular formula is C32H35NO3. The maximum Gasteiger partial charge on any atom is 0.130 e. The van der Waals surface area contributed by atoms with Crippen LogP contribution in [0.15, 0.2) is 91.0 Å². The van der Waals surface area contributed by atoms with Gasteiger partial charge in [0, 0.05) is 25.2 Å². The van der Waals surface area contributed by atoms with Crippen LogP contribution in [0.4, 0.5) is 0 Å². The molecule has 4 aromatic carbocycles. The molecule has 186 valence electrons. The maximum atomic E-state index is 6.22. The molecule has 36 heavy (non-hydrogen) atoms. The summed E-state index contributed by atoms with van der Waals surface area (Å²) in [5.74, 6) is 2.62. The maximum absolute atomic E-state index is 6.22. The van der Waals surface area contributed by atoms with E-state index in [1.807, 2.05) is 24.3 Å². The van der Waals surface area contributed by atoms with Crippen molar-refractivity contribution in [3.63, 3.8) is 0 Å². The van der Waals surface area contributed by atoms with Gasteiger partial charge in [0.1, 0.15) is 23.9 Å². The fourth-order valence-corrected chi connectivity index (χ4v) is 4.46. The van der Waals surface area contributed by atoms with Gasteiger partial charge in [-0.3, -0.25) is 0 Å². The topological polar surface area (TPSA) is 39.7 Å². The van der Waals surface area contributed by atoms with E-state index in [2.05, 4.69) is 85.9 Å². The normalized spacial score (nSPS) is 11.7. The third-order valence-corrected chi connectivity index (χ3v) is 6.63. The lowest BCUT2D eigenvalue weighted by atomic mass is 9.97. The first kappa shape index (κ1) is 25.3. The molecule has 0 fully saturated rings. The first-order valence-electron chi connectivity index (χ1n) is 12.4. The molecule has 0 aliphatic rings. The average molecular weight is 482 g/mol. The number of hydrogen-bond acceptors (Lipinski definition) is 4. The van der Waals surface area contributed by atoms with Crippen LogP contribution in [0.1, 0.15) is 35.1 Å². The van der Waals surface area contributed by atoms with Crippen molar-refractivity contribution >= 4 is 0 Å². The minimum Gasteiger partial charge on any atom is -0.496 e. The molecule has 0 heterocycles. The van der Waals surface area contributed by atoms with Gasteiger partial charge in [-0.15, -0.1) is 0 Å². The summed E-state index contributed by atoms with van der Waals surface area (Å²) < 4.78 is 17.7. The van der Waals surface area contributed by atoms with Crippen molar-refractivity contribution < 1.29 is 14.2 Å². The van der Waals surface area contributed by atoms with E-state index in [1.165, 1.54) is 22.3 Å².